The number of benzene rings is 1. The van der Waals surface area contributed by atoms with Crippen molar-refractivity contribution in [2.45, 2.75) is 90.1 Å². The van der Waals surface area contributed by atoms with Crippen LogP contribution >= 0.6 is 0 Å². The average molecular weight is 577 g/mol. The van der Waals surface area contributed by atoms with E-state index in [0.29, 0.717) is 13.0 Å². The molecule has 1 aromatic rings. The van der Waals surface area contributed by atoms with Gasteiger partial charge in [0.25, 0.3) is 0 Å². The van der Waals surface area contributed by atoms with Crippen molar-refractivity contribution in [3.63, 3.8) is 0 Å². The lowest BCUT2D eigenvalue weighted by Crippen LogP contribution is -2.54. The van der Waals surface area contributed by atoms with Crippen LogP contribution in [0.4, 0.5) is 0 Å². The summed E-state index contributed by atoms with van der Waals surface area (Å²) in [5.74, 6) is -0.371. The quantitative estimate of drug-likeness (QED) is 0.277. The van der Waals surface area contributed by atoms with Gasteiger partial charge in [0.15, 0.2) is 0 Å². The van der Waals surface area contributed by atoms with Crippen LogP contribution in [0.25, 0.3) is 0 Å². The van der Waals surface area contributed by atoms with E-state index in [0.717, 1.165) is 24.8 Å². The number of phenolic OH excluding ortho intramolecular Hbond substituents is 1. The number of aromatic hydroxyl groups is 1. The molecule has 2 rings (SSSR count). The van der Waals surface area contributed by atoms with Crippen molar-refractivity contribution in [1.29, 1.82) is 0 Å². The molecule has 7 atom stereocenters. The van der Waals surface area contributed by atoms with Crippen LogP contribution in [0.2, 0.25) is 0 Å². The van der Waals surface area contributed by atoms with Gasteiger partial charge in [0.1, 0.15) is 5.75 Å². The number of carbonyl (C=O) groups excluding carboxylic acids is 3. The lowest BCUT2D eigenvalue weighted by Gasteiger charge is -2.39. The molecule has 0 bridgehead atoms. The molecule has 0 radical (unpaired) electrons. The second-order valence-corrected chi connectivity index (χ2v) is 11.5. The summed E-state index contributed by atoms with van der Waals surface area (Å²) in [7, 11) is 6.69. The molecule has 3 amide bonds. The van der Waals surface area contributed by atoms with Gasteiger partial charge in [-0.3, -0.25) is 14.4 Å². The fraction of sp³-hybridized carbons (Fsp3) is 0.710. The van der Waals surface area contributed by atoms with E-state index in [-0.39, 0.29) is 60.5 Å². The Morgan fingerprint density at radius 1 is 1.12 bits per heavy atom. The van der Waals surface area contributed by atoms with Crippen molar-refractivity contribution >= 4 is 17.7 Å². The minimum atomic E-state index is -0.475. The number of likely N-dealkylation sites (tertiary alicyclic amines) is 1. The van der Waals surface area contributed by atoms with E-state index in [2.05, 4.69) is 24.5 Å². The minimum Gasteiger partial charge on any atom is -0.508 e. The third-order valence-electron chi connectivity index (χ3n) is 8.50. The number of nitrogens with one attached hydrogen (secondary N) is 2. The van der Waals surface area contributed by atoms with Gasteiger partial charge in [-0.25, -0.2) is 0 Å². The van der Waals surface area contributed by atoms with E-state index < -0.39 is 18.1 Å². The molecule has 232 valence electrons. The summed E-state index contributed by atoms with van der Waals surface area (Å²) in [6.07, 6.45) is 2.25. The summed E-state index contributed by atoms with van der Waals surface area (Å²) in [5.41, 5.74) is 1.01. The summed E-state index contributed by atoms with van der Waals surface area (Å²) in [6.45, 7) is 8.74. The van der Waals surface area contributed by atoms with Crippen molar-refractivity contribution in [2.24, 2.45) is 11.8 Å². The van der Waals surface area contributed by atoms with Gasteiger partial charge in [0, 0.05) is 33.9 Å². The van der Waals surface area contributed by atoms with E-state index >= 15 is 0 Å². The molecule has 1 aromatic carbocycles. The SMILES string of the molecule is CCC(C)C(C(CC(=O)N1CCCC1C(OC)C(C)C(=O)NC(C)Cc1ccc(O)cc1)OC)N(C)C(=O)CNC. The first-order valence-corrected chi connectivity index (χ1v) is 14.8. The smallest absolute Gasteiger partial charge is 0.236 e. The first-order valence-electron chi connectivity index (χ1n) is 14.8. The zero-order valence-corrected chi connectivity index (χ0v) is 26.2. The van der Waals surface area contributed by atoms with E-state index in [9.17, 15) is 19.5 Å². The number of carbonyl (C=O) groups is 3. The summed E-state index contributed by atoms with van der Waals surface area (Å²) in [4.78, 5) is 43.3. The van der Waals surface area contributed by atoms with Crippen molar-refractivity contribution in [1.82, 2.24) is 20.4 Å². The highest BCUT2D eigenvalue weighted by atomic mass is 16.5. The Hall–Kier alpha value is -2.69. The molecule has 1 aliphatic heterocycles. The zero-order valence-electron chi connectivity index (χ0n) is 26.2. The van der Waals surface area contributed by atoms with Gasteiger partial charge in [0.05, 0.1) is 43.2 Å². The summed E-state index contributed by atoms with van der Waals surface area (Å²) >= 11 is 0. The maximum Gasteiger partial charge on any atom is 0.236 e. The Morgan fingerprint density at radius 3 is 2.34 bits per heavy atom. The lowest BCUT2D eigenvalue weighted by atomic mass is 9.90. The zero-order chi connectivity index (χ0) is 30.7. The third kappa shape index (κ3) is 9.41. The van der Waals surface area contributed by atoms with Crippen LogP contribution < -0.4 is 10.6 Å². The number of methoxy groups -OCH3 is 2. The first kappa shape index (κ1) is 34.5. The van der Waals surface area contributed by atoms with Crippen LogP contribution in [-0.4, -0.2) is 104 Å². The van der Waals surface area contributed by atoms with Crippen LogP contribution in [0.1, 0.15) is 58.9 Å². The molecule has 1 saturated heterocycles. The van der Waals surface area contributed by atoms with Crippen LogP contribution in [0, 0.1) is 11.8 Å². The second-order valence-electron chi connectivity index (χ2n) is 11.5. The van der Waals surface area contributed by atoms with E-state index in [1.807, 2.05) is 30.9 Å². The summed E-state index contributed by atoms with van der Waals surface area (Å²) < 4.78 is 11.7. The van der Waals surface area contributed by atoms with Gasteiger partial charge in [-0.1, -0.05) is 39.3 Å². The Morgan fingerprint density at radius 2 is 1.78 bits per heavy atom. The van der Waals surface area contributed by atoms with E-state index in [1.54, 1.807) is 45.3 Å². The van der Waals surface area contributed by atoms with Crippen molar-refractivity contribution in [3.8, 4) is 5.75 Å². The van der Waals surface area contributed by atoms with Gasteiger partial charge >= 0.3 is 0 Å². The van der Waals surface area contributed by atoms with Crippen molar-refractivity contribution in [3.05, 3.63) is 29.8 Å². The van der Waals surface area contributed by atoms with Gasteiger partial charge in [-0.05, 0) is 56.8 Å². The van der Waals surface area contributed by atoms with Gasteiger partial charge in [-0.2, -0.15) is 0 Å². The maximum absolute atomic E-state index is 13.7. The molecular weight excluding hydrogens is 524 g/mol. The van der Waals surface area contributed by atoms with Gasteiger partial charge < -0.3 is 35.0 Å². The molecule has 1 fully saturated rings. The monoisotopic (exact) mass is 576 g/mol. The second kappa shape index (κ2) is 16.7. The number of amides is 3. The Kier molecular flexibility index (Phi) is 14.0. The molecular formula is C31H52N4O6. The normalized spacial score (nSPS) is 19.6. The highest BCUT2D eigenvalue weighted by Crippen LogP contribution is 2.29. The lowest BCUT2D eigenvalue weighted by molar-refractivity contribution is -0.145. The highest BCUT2D eigenvalue weighted by Gasteiger charge is 2.42. The number of hydrogen-bond donors (Lipinski definition) is 3. The van der Waals surface area contributed by atoms with Crippen LogP contribution in [0.5, 0.6) is 5.75 Å². The van der Waals surface area contributed by atoms with Gasteiger partial charge in [-0.15, -0.1) is 0 Å². The minimum absolute atomic E-state index is 0.0507. The summed E-state index contributed by atoms with van der Waals surface area (Å²) in [5, 5.41) is 15.5. The highest BCUT2D eigenvalue weighted by molar-refractivity contribution is 5.81. The number of hydrogen-bond acceptors (Lipinski definition) is 7. The topological polar surface area (TPSA) is 120 Å². The van der Waals surface area contributed by atoms with E-state index in [4.69, 9.17) is 9.47 Å². The summed E-state index contributed by atoms with van der Waals surface area (Å²) in [6, 6.07) is 6.35. The van der Waals surface area contributed by atoms with Crippen LogP contribution in [-0.2, 0) is 30.3 Å². The molecule has 7 unspecified atom stereocenters. The predicted octanol–water partition coefficient (Wildman–Crippen LogP) is 2.58. The van der Waals surface area contributed by atoms with Crippen LogP contribution in [0.3, 0.4) is 0 Å². The Labute approximate surface area is 246 Å². The fourth-order valence-electron chi connectivity index (χ4n) is 6.01. The Balaban J connectivity index is 2.11. The standard InChI is InChI=1S/C31H52N4O6/c1-9-20(2)29(34(6)28(38)19-32-5)26(40-7)18-27(37)35-16-10-11-25(35)30(41-8)22(4)31(39)33-21(3)17-23-12-14-24(36)15-13-23/h12-15,20-22,25-26,29-30,32,36H,9-11,16-19H2,1-8H3,(H,33,39). The van der Waals surface area contributed by atoms with Crippen LogP contribution in [0.15, 0.2) is 24.3 Å². The first-order chi connectivity index (χ1) is 19.5. The molecule has 3 N–H and O–H groups in total. The molecule has 0 aliphatic carbocycles. The molecule has 0 aromatic heterocycles. The molecule has 0 spiro atoms. The molecule has 0 saturated carbocycles. The van der Waals surface area contributed by atoms with E-state index in [1.165, 1.54) is 0 Å². The number of phenols is 1. The number of rotatable bonds is 16. The third-order valence-corrected chi connectivity index (χ3v) is 8.50. The fourth-order valence-corrected chi connectivity index (χ4v) is 6.01. The maximum atomic E-state index is 13.7. The van der Waals surface area contributed by atoms with Crippen molar-refractivity contribution < 1.29 is 29.0 Å². The molecule has 41 heavy (non-hydrogen) atoms. The largest absolute Gasteiger partial charge is 0.508 e. The van der Waals surface area contributed by atoms with Crippen molar-refractivity contribution in [2.75, 3.05) is 41.4 Å². The predicted molar refractivity (Wildman–Crippen MR) is 159 cm³/mol. The number of ether oxygens (including phenoxy) is 2. The molecule has 10 heteroatoms. The number of likely N-dealkylation sites (N-methyl/N-ethyl adjacent to an activating group) is 2. The molecule has 1 heterocycles. The Bertz CT molecular complexity index is 974. The molecule has 1 aliphatic rings. The average Bonchev–Trinajstić information content (AvgIpc) is 3.43. The molecule has 10 nitrogen and oxygen atoms in total. The van der Waals surface area contributed by atoms with Gasteiger partial charge in [0.2, 0.25) is 17.7 Å². The number of nitrogens with zero attached hydrogens (tertiary/aromatic N) is 2.